The van der Waals surface area contributed by atoms with Gasteiger partial charge >= 0.3 is 0 Å². The average molecular weight is 390 g/mol. The Bertz CT molecular complexity index is 699. The minimum Gasteiger partial charge on any atom is -0.340 e. The molecule has 0 radical (unpaired) electrons. The smallest absolute Gasteiger partial charge is 0.243 e. The molecule has 140 valence electrons. The molecular weight excluding hydrogens is 366 g/mol. The van der Waals surface area contributed by atoms with Crippen molar-refractivity contribution < 1.29 is 18.0 Å². The minimum absolute atomic E-state index is 0. The third-order valence-corrected chi connectivity index (χ3v) is 6.00. The molecule has 1 heterocycles. The number of carbonyl (C=O) groups is 2. The molecule has 2 rings (SSSR count). The number of ketones is 1. The van der Waals surface area contributed by atoms with E-state index in [1.165, 1.54) is 35.5 Å². The van der Waals surface area contributed by atoms with Crippen LogP contribution in [-0.2, 0) is 14.8 Å². The number of Topliss-reactive ketones (excluding diaryl/α,β-unsaturated/α-hetero) is 1. The summed E-state index contributed by atoms with van der Waals surface area (Å²) >= 11 is 0. The molecule has 1 fully saturated rings. The van der Waals surface area contributed by atoms with Crippen molar-refractivity contribution in [1.29, 1.82) is 0 Å². The van der Waals surface area contributed by atoms with Crippen molar-refractivity contribution in [3.63, 3.8) is 0 Å². The monoisotopic (exact) mass is 389 g/mol. The third-order valence-electron chi connectivity index (χ3n) is 4.08. The van der Waals surface area contributed by atoms with Gasteiger partial charge in [-0.2, -0.15) is 4.31 Å². The maximum Gasteiger partial charge on any atom is 0.243 e. The second kappa shape index (κ2) is 9.28. The lowest BCUT2D eigenvalue weighted by molar-refractivity contribution is -0.132. The predicted octanol–water partition coefficient (Wildman–Crippen LogP) is 0.883. The molecular formula is C16H24ClN3O4S. The fourth-order valence-corrected chi connectivity index (χ4v) is 4.02. The van der Waals surface area contributed by atoms with E-state index in [0.29, 0.717) is 38.0 Å². The van der Waals surface area contributed by atoms with Crippen LogP contribution in [0.15, 0.2) is 29.2 Å². The number of nitrogens with zero attached hydrogens (tertiary/aromatic N) is 2. The Hall–Kier alpha value is -1.48. The minimum atomic E-state index is -3.61. The van der Waals surface area contributed by atoms with E-state index in [1.54, 1.807) is 4.90 Å². The van der Waals surface area contributed by atoms with Crippen LogP contribution in [0.25, 0.3) is 0 Å². The SMILES string of the molecule is CC(=O)c1ccc(S(=O)(=O)N2CCN(C(=O)CCCN)CC2)cc1.Cl. The van der Waals surface area contributed by atoms with Gasteiger partial charge in [0.25, 0.3) is 0 Å². The molecule has 0 unspecified atom stereocenters. The van der Waals surface area contributed by atoms with Crippen LogP contribution < -0.4 is 5.73 Å². The first-order chi connectivity index (χ1) is 11.4. The fraction of sp³-hybridized carbons (Fsp3) is 0.500. The average Bonchev–Trinajstić information content (AvgIpc) is 2.59. The predicted molar refractivity (Wildman–Crippen MR) is 97.3 cm³/mol. The van der Waals surface area contributed by atoms with Crippen molar-refractivity contribution in [2.75, 3.05) is 32.7 Å². The summed E-state index contributed by atoms with van der Waals surface area (Å²) in [6, 6.07) is 5.93. The van der Waals surface area contributed by atoms with Crippen LogP contribution >= 0.6 is 12.4 Å². The summed E-state index contributed by atoms with van der Waals surface area (Å²) in [4.78, 5) is 25.1. The number of benzene rings is 1. The molecule has 0 aliphatic carbocycles. The Morgan fingerprint density at radius 3 is 2.12 bits per heavy atom. The van der Waals surface area contributed by atoms with Crippen molar-refractivity contribution in [1.82, 2.24) is 9.21 Å². The first-order valence-corrected chi connectivity index (χ1v) is 9.39. The van der Waals surface area contributed by atoms with Gasteiger partial charge in [0.1, 0.15) is 0 Å². The highest BCUT2D eigenvalue weighted by Gasteiger charge is 2.29. The first-order valence-electron chi connectivity index (χ1n) is 7.95. The number of nitrogens with two attached hydrogens (primary N) is 1. The summed E-state index contributed by atoms with van der Waals surface area (Å²) in [5, 5.41) is 0. The number of hydrogen-bond acceptors (Lipinski definition) is 5. The van der Waals surface area contributed by atoms with Crippen LogP contribution in [0, 0.1) is 0 Å². The van der Waals surface area contributed by atoms with Crippen molar-refractivity contribution in [3.05, 3.63) is 29.8 Å². The van der Waals surface area contributed by atoms with Crippen molar-refractivity contribution in [2.45, 2.75) is 24.7 Å². The lowest BCUT2D eigenvalue weighted by Gasteiger charge is -2.34. The molecule has 0 spiro atoms. The zero-order chi connectivity index (χ0) is 17.7. The molecule has 1 aliphatic rings. The molecule has 7 nitrogen and oxygen atoms in total. The van der Waals surface area contributed by atoms with E-state index < -0.39 is 10.0 Å². The molecule has 1 aliphatic heterocycles. The zero-order valence-corrected chi connectivity index (χ0v) is 15.8. The maximum atomic E-state index is 12.6. The van der Waals surface area contributed by atoms with Crippen molar-refractivity contribution >= 4 is 34.1 Å². The van der Waals surface area contributed by atoms with Gasteiger partial charge in [0, 0.05) is 38.2 Å². The van der Waals surface area contributed by atoms with Gasteiger partial charge in [-0.15, -0.1) is 12.4 Å². The van der Waals surface area contributed by atoms with Crippen LogP contribution in [0.3, 0.4) is 0 Å². The molecule has 2 N–H and O–H groups in total. The zero-order valence-electron chi connectivity index (χ0n) is 14.2. The van der Waals surface area contributed by atoms with Gasteiger partial charge in [-0.3, -0.25) is 9.59 Å². The van der Waals surface area contributed by atoms with Gasteiger partial charge in [0.15, 0.2) is 5.78 Å². The Morgan fingerprint density at radius 1 is 1.08 bits per heavy atom. The second-order valence-electron chi connectivity index (χ2n) is 5.76. The van der Waals surface area contributed by atoms with E-state index in [0.717, 1.165) is 0 Å². The van der Waals surface area contributed by atoms with E-state index in [2.05, 4.69) is 0 Å². The molecule has 0 aromatic heterocycles. The van der Waals surface area contributed by atoms with Crippen LogP contribution in [0.1, 0.15) is 30.1 Å². The second-order valence-corrected chi connectivity index (χ2v) is 7.70. The molecule has 0 bridgehead atoms. The summed E-state index contributed by atoms with van der Waals surface area (Å²) in [7, 11) is -3.61. The molecule has 0 saturated carbocycles. The molecule has 1 aromatic carbocycles. The first kappa shape index (κ1) is 21.6. The van der Waals surface area contributed by atoms with Crippen molar-refractivity contribution in [2.24, 2.45) is 5.73 Å². The molecule has 1 saturated heterocycles. The third kappa shape index (κ3) is 5.24. The van der Waals surface area contributed by atoms with E-state index >= 15 is 0 Å². The number of sulfonamides is 1. The lowest BCUT2D eigenvalue weighted by Crippen LogP contribution is -2.50. The summed E-state index contributed by atoms with van der Waals surface area (Å²) in [6.07, 6.45) is 1.04. The lowest BCUT2D eigenvalue weighted by atomic mass is 10.2. The van der Waals surface area contributed by atoms with Gasteiger partial charge in [0.05, 0.1) is 4.90 Å². The summed E-state index contributed by atoms with van der Waals surface area (Å²) in [5.41, 5.74) is 5.88. The fourth-order valence-electron chi connectivity index (χ4n) is 2.60. The number of rotatable bonds is 6. The summed E-state index contributed by atoms with van der Waals surface area (Å²) in [5.74, 6) is -0.0909. The highest BCUT2D eigenvalue weighted by molar-refractivity contribution is 7.89. The highest BCUT2D eigenvalue weighted by atomic mass is 35.5. The number of hydrogen-bond donors (Lipinski definition) is 1. The summed E-state index contributed by atoms with van der Waals surface area (Å²) in [6.45, 7) is 3.21. The van der Waals surface area contributed by atoms with Gasteiger partial charge in [-0.05, 0) is 32.0 Å². The van der Waals surface area contributed by atoms with Crippen LogP contribution in [-0.4, -0.2) is 62.0 Å². The summed E-state index contributed by atoms with van der Waals surface area (Å²) < 4.78 is 26.7. The topological polar surface area (TPSA) is 101 Å². The van der Waals surface area contributed by atoms with E-state index in [4.69, 9.17) is 5.73 Å². The maximum absolute atomic E-state index is 12.6. The molecule has 0 atom stereocenters. The van der Waals surface area contributed by atoms with Crippen molar-refractivity contribution in [3.8, 4) is 0 Å². The molecule has 1 amide bonds. The molecule has 1 aromatic rings. The Morgan fingerprint density at radius 2 is 1.64 bits per heavy atom. The quantitative estimate of drug-likeness (QED) is 0.728. The van der Waals surface area contributed by atoms with E-state index in [9.17, 15) is 18.0 Å². The standard InChI is InChI=1S/C16H23N3O4S.ClH/c1-13(20)14-4-6-15(7-5-14)24(22,23)19-11-9-18(10-12-19)16(21)3-2-8-17;/h4-7H,2-3,8-12,17H2,1H3;1H. The number of halogens is 1. The number of amides is 1. The largest absolute Gasteiger partial charge is 0.340 e. The van der Waals surface area contributed by atoms with Gasteiger partial charge in [-0.1, -0.05) is 12.1 Å². The van der Waals surface area contributed by atoms with Crippen LogP contribution in [0.2, 0.25) is 0 Å². The molecule has 9 heteroatoms. The Labute approximate surface area is 154 Å². The highest BCUT2D eigenvalue weighted by Crippen LogP contribution is 2.19. The Kier molecular flexibility index (Phi) is 8.01. The van der Waals surface area contributed by atoms with Crippen LogP contribution in [0.5, 0.6) is 0 Å². The van der Waals surface area contributed by atoms with E-state index in [1.807, 2.05) is 0 Å². The van der Waals surface area contributed by atoms with Gasteiger partial charge < -0.3 is 10.6 Å². The Balaban J connectivity index is 0.00000312. The molecule has 25 heavy (non-hydrogen) atoms. The van der Waals surface area contributed by atoms with E-state index in [-0.39, 0.29) is 42.1 Å². The number of piperazine rings is 1. The normalized spacial score (nSPS) is 15.5. The van der Waals surface area contributed by atoms with Gasteiger partial charge in [-0.25, -0.2) is 8.42 Å². The van der Waals surface area contributed by atoms with Gasteiger partial charge in [0.2, 0.25) is 15.9 Å². The number of carbonyl (C=O) groups excluding carboxylic acids is 2. The van der Waals surface area contributed by atoms with Crippen LogP contribution in [0.4, 0.5) is 0 Å².